The van der Waals surface area contributed by atoms with Gasteiger partial charge in [-0.2, -0.15) is 0 Å². The number of carbonyl (C=O) groups is 1. The maximum absolute atomic E-state index is 11.2. The smallest absolute Gasteiger partial charge is 0.269 e. The van der Waals surface area contributed by atoms with Crippen LogP contribution < -0.4 is 10.1 Å². The number of nitrogens with one attached hydrogen (secondary N) is 1. The number of nitrogens with zero attached hydrogens (tertiary/aromatic N) is 1. The molecule has 0 aliphatic heterocycles. The van der Waals surface area contributed by atoms with E-state index in [4.69, 9.17) is 16.3 Å². The van der Waals surface area contributed by atoms with Crippen LogP contribution in [0.3, 0.4) is 0 Å². The van der Waals surface area contributed by atoms with E-state index in [9.17, 15) is 4.79 Å². The summed E-state index contributed by atoms with van der Waals surface area (Å²) in [5.41, 5.74) is 0.297. The second-order valence-corrected chi connectivity index (χ2v) is 3.74. The van der Waals surface area contributed by atoms with E-state index >= 15 is 0 Å². The van der Waals surface area contributed by atoms with Gasteiger partial charge in [0.15, 0.2) is 10.9 Å². The molecule has 1 heterocycles. The molecule has 5 heteroatoms. The Bertz CT molecular complexity index is 391. The third kappa shape index (κ3) is 2.39. The minimum absolute atomic E-state index is 0.239. The molecule has 0 unspecified atom stereocenters. The van der Waals surface area contributed by atoms with Crippen LogP contribution in [0.15, 0.2) is 12.1 Å². The molecule has 0 aromatic carbocycles. The maximum Gasteiger partial charge on any atom is 0.269 e. The van der Waals surface area contributed by atoms with Crippen molar-refractivity contribution in [1.82, 2.24) is 10.3 Å². The van der Waals surface area contributed by atoms with Crippen molar-refractivity contribution in [1.29, 1.82) is 0 Å². The Morgan fingerprint density at radius 1 is 1.60 bits per heavy atom. The van der Waals surface area contributed by atoms with E-state index in [-0.39, 0.29) is 17.2 Å². The van der Waals surface area contributed by atoms with Gasteiger partial charge in [-0.25, -0.2) is 4.98 Å². The SMILES string of the molecule is CNC(=O)c1ccc(OC2CC2)c(Cl)n1. The van der Waals surface area contributed by atoms with Crippen molar-refractivity contribution < 1.29 is 9.53 Å². The number of aromatic nitrogens is 1. The largest absolute Gasteiger partial charge is 0.487 e. The summed E-state index contributed by atoms with van der Waals surface area (Å²) < 4.78 is 5.50. The van der Waals surface area contributed by atoms with Crippen molar-refractivity contribution in [2.75, 3.05) is 7.05 Å². The molecule has 0 bridgehead atoms. The van der Waals surface area contributed by atoms with Gasteiger partial charge in [-0.15, -0.1) is 0 Å². The van der Waals surface area contributed by atoms with Crippen LogP contribution in [0.1, 0.15) is 23.3 Å². The predicted octanol–water partition coefficient (Wildman–Crippen LogP) is 1.64. The maximum atomic E-state index is 11.2. The molecule has 0 spiro atoms. The van der Waals surface area contributed by atoms with Crippen LogP contribution in [-0.4, -0.2) is 24.0 Å². The molecular formula is C10H11ClN2O2. The molecule has 0 saturated heterocycles. The zero-order chi connectivity index (χ0) is 10.8. The van der Waals surface area contributed by atoms with E-state index in [1.165, 1.54) is 0 Å². The average molecular weight is 227 g/mol. The van der Waals surface area contributed by atoms with E-state index in [0.717, 1.165) is 12.8 Å². The molecule has 1 aliphatic carbocycles. The topological polar surface area (TPSA) is 51.2 Å². The monoisotopic (exact) mass is 226 g/mol. The summed E-state index contributed by atoms with van der Waals surface area (Å²) in [6.07, 6.45) is 2.40. The quantitative estimate of drug-likeness (QED) is 0.798. The Hall–Kier alpha value is -1.29. The van der Waals surface area contributed by atoms with Crippen LogP contribution in [0.2, 0.25) is 5.15 Å². The van der Waals surface area contributed by atoms with Gasteiger partial charge in [-0.3, -0.25) is 4.79 Å². The standard InChI is InChI=1S/C10H11ClN2O2/c1-12-10(14)7-4-5-8(9(11)13-7)15-6-2-3-6/h4-6H,2-3H2,1H3,(H,12,14). The highest BCUT2D eigenvalue weighted by molar-refractivity contribution is 6.31. The number of hydrogen-bond donors (Lipinski definition) is 1. The van der Waals surface area contributed by atoms with Gasteiger partial charge < -0.3 is 10.1 Å². The van der Waals surface area contributed by atoms with Gasteiger partial charge in [0.25, 0.3) is 5.91 Å². The molecular weight excluding hydrogens is 216 g/mol. The highest BCUT2D eigenvalue weighted by Crippen LogP contribution is 2.30. The van der Waals surface area contributed by atoms with Gasteiger partial charge in [-0.05, 0) is 25.0 Å². The third-order valence-corrected chi connectivity index (χ3v) is 2.36. The van der Waals surface area contributed by atoms with Crippen LogP contribution in [0.25, 0.3) is 0 Å². The van der Waals surface area contributed by atoms with Gasteiger partial charge in [0, 0.05) is 7.05 Å². The lowest BCUT2D eigenvalue weighted by Gasteiger charge is -2.06. The second kappa shape index (κ2) is 4.06. The summed E-state index contributed by atoms with van der Waals surface area (Å²) in [7, 11) is 1.55. The molecule has 1 aromatic rings. The first-order valence-corrected chi connectivity index (χ1v) is 5.14. The minimum Gasteiger partial charge on any atom is -0.487 e. The van der Waals surface area contributed by atoms with Gasteiger partial charge >= 0.3 is 0 Å². The van der Waals surface area contributed by atoms with E-state index in [1.54, 1.807) is 19.2 Å². The van der Waals surface area contributed by atoms with Crippen molar-refractivity contribution in [2.45, 2.75) is 18.9 Å². The Kier molecular flexibility index (Phi) is 2.77. The fraction of sp³-hybridized carbons (Fsp3) is 0.400. The number of carbonyl (C=O) groups excluding carboxylic acids is 1. The lowest BCUT2D eigenvalue weighted by Crippen LogP contribution is -2.19. The molecule has 4 nitrogen and oxygen atoms in total. The highest BCUT2D eigenvalue weighted by atomic mass is 35.5. The van der Waals surface area contributed by atoms with Crippen molar-refractivity contribution in [3.05, 3.63) is 23.0 Å². The van der Waals surface area contributed by atoms with Gasteiger partial charge in [-0.1, -0.05) is 11.6 Å². The minimum atomic E-state index is -0.255. The lowest BCUT2D eigenvalue weighted by molar-refractivity contribution is 0.0958. The zero-order valence-corrected chi connectivity index (χ0v) is 9.04. The average Bonchev–Trinajstić information content (AvgIpc) is 3.04. The zero-order valence-electron chi connectivity index (χ0n) is 8.29. The molecule has 1 N–H and O–H groups in total. The normalized spacial score (nSPS) is 14.8. The molecule has 1 amide bonds. The van der Waals surface area contributed by atoms with Gasteiger partial charge in [0.1, 0.15) is 5.69 Å². The van der Waals surface area contributed by atoms with Crippen LogP contribution >= 0.6 is 11.6 Å². The molecule has 0 atom stereocenters. The summed E-state index contributed by atoms with van der Waals surface area (Å²) in [5, 5.41) is 2.72. The predicted molar refractivity (Wildman–Crippen MR) is 56.3 cm³/mol. The summed E-state index contributed by atoms with van der Waals surface area (Å²) >= 11 is 5.89. The van der Waals surface area contributed by atoms with Crippen LogP contribution in [0, 0.1) is 0 Å². The van der Waals surface area contributed by atoms with Crippen LogP contribution in [0.5, 0.6) is 5.75 Å². The third-order valence-electron chi connectivity index (χ3n) is 2.09. The summed E-state index contributed by atoms with van der Waals surface area (Å²) in [4.78, 5) is 15.2. The van der Waals surface area contributed by atoms with E-state index in [0.29, 0.717) is 11.4 Å². The molecule has 1 saturated carbocycles. The van der Waals surface area contributed by atoms with Crippen molar-refractivity contribution in [3.63, 3.8) is 0 Å². The van der Waals surface area contributed by atoms with Crippen LogP contribution in [0.4, 0.5) is 0 Å². The first-order chi connectivity index (χ1) is 7.20. The molecule has 2 rings (SSSR count). The molecule has 80 valence electrons. The Morgan fingerprint density at radius 2 is 2.33 bits per heavy atom. The van der Waals surface area contributed by atoms with E-state index < -0.39 is 0 Å². The number of hydrogen-bond acceptors (Lipinski definition) is 3. The summed E-state index contributed by atoms with van der Waals surface area (Å²) in [6.45, 7) is 0. The van der Waals surface area contributed by atoms with Gasteiger partial charge in [0.05, 0.1) is 6.10 Å². The summed E-state index contributed by atoms with van der Waals surface area (Å²) in [6, 6.07) is 3.28. The molecule has 15 heavy (non-hydrogen) atoms. The Morgan fingerprint density at radius 3 is 2.87 bits per heavy atom. The number of halogens is 1. The molecule has 1 aromatic heterocycles. The fourth-order valence-corrected chi connectivity index (χ4v) is 1.33. The lowest BCUT2D eigenvalue weighted by atomic mass is 10.3. The van der Waals surface area contributed by atoms with E-state index in [1.807, 2.05) is 0 Å². The van der Waals surface area contributed by atoms with Crippen LogP contribution in [-0.2, 0) is 0 Å². The highest BCUT2D eigenvalue weighted by Gasteiger charge is 2.24. The summed E-state index contributed by atoms with van der Waals surface area (Å²) in [5.74, 6) is 0.293. The second-order valence-electron chi connectivity index (χ2n) is 3.38. The van der Waals surface area contributed by atoms with Gasteiger partial charge in [0.2, 0.25) is 0 Å². The number of ether oxygens (including phenoxy) is 1. The Balaban J connectivity index is 2.17. The van der Waals surface area contributed by atoms with Crippen molar-refractivity contribution in [3.8, 4) is 5.75 Å². The van der Waals surface area contributed by atoms with Crippen molar-refractivity contribution >= 4 is 17.5 Å². The van der Waals surface area contributed by atoms with Crippen molar-refractivity contribution in [2.24, 2.45) is 0 Å². The molecule has 0 radical (unpaired) electrons. The fourth-order valence-electron chi connectivity index (χ4n) is 1.13. The Labute approximate surface area is 92.6 Å². The number of amides is 1. The first kappa shape index (κ1) is 10.2. The van der Waals surface area contributed by atoms with E-state index in [2.05, 4.69) is 10.3 Å². The molecule has 1 fully saturated rings. The number of pyridine rings is 1. The molecule has 1 aliphatic rings. The number of rotatable bonds is 3. The first-order valence-electron chi connectivity index (χ1n) is 4.76.